The van der Waals surface area contributed by atoms with E-state index in [0.29, 0.717) is 44.2 Å². The number of hydrogen-bond donors (Lipinski definition) is 0. The average molecular weight is 340 g/mol. The standard InChI is InChI=1S/C16H16F4N4/c17-12-3-2-6-21-13(12)11-23-7-9-24(10-8-23)15-5-1-4-14(22-15)16(18,19)20/h1-6H,7-11H2. The maximum Gasteiger partial charge on any atom is 0.433 e. The van der Waals surface area contributed by atoms with Crippen molar-refractivity contribution < 1.29 is 17.6 Å². The van der Waals surface area contributed by atoms with Crippen LogP contribution in [-0.4, -0.2) is 41.0 Å². The molecule has 1 fully saturated rings. The van der Waals surface area contributed by atoms with Gasteiger partial charge in [-0.25, -0.2) is 9.37 Å². The van der Waals surface area contributed by atoms with E-state index in [1.807, 2.05) is 4.90 Å². The first-order valence-electron chi connectivity index (χ1n) is 7.54. The van der Waals surface area contributed by atoms with Crippen molar-refractivity contribution in [2.24, 2.45) is 0 Å². The second-order valence-electron chi connectivity index (χ2n) is 5.57. The first-order valence-corrected chi connectivity index (χ1v) is 7.54. The van der Waals surface area contributed by atoms with Crippen molar-refractivity contribution in [3.63, 3.8) is 0 Å². The van der Waals surface area contributed by atoms with Crippen LogP contribution in [0, 0.1) is 5.82 Å². The van der Waals surface area contributed by atoms with Crippen molar-refractivity contribution >= 4 is 5.82 Å². The molecule has 0 atom stereocenters. The summed E-state index contributed by atoms with van der Waals surface area (Å²) < 4.78 is 51.9. The molecule has 0 amide bonds. The minimum absolute atomic E-state index is 0.313. The Bertz CT molecular complexity index is 696. The first kappa shape index (κ1) is 16.6. The minimum Gasteiger partial charge on any atom is -0.354 e. The van der Waals surface area contributed by atoms with Crippen LogP contribution < -0.4 is 4.90 Å². The molecular weight excluding hydrogens is 324 g/mol. The monoisotopic (exact) mass is 340 g/mol. The van der Waals surface area contributed by atoms with Gasteiger partial charge in [-0.3, -0.25) is 9.88 Å². The van der Waals surface area contributed by atoms with Crippen molar-refractivity contribution in [1.29, 1.82) is 0 Å². The molecule has 0 saturated carbocycles. The summed E-state index contributed by atoms with van der Waals surface area (Å²) in [5.74, 6) is -0.0343. The lowest BCUT2D eigenvalue weighted by molar-refractivity contribution is -0.141. The predicted molar refractivity (Wildman–Crippen MR) is 80.9 cm³/mol. The Balaban J connectivity index is 1.62. The van der Waals surface area contributed by atoms with E-state index in [1.165, 1.54) is 18.2 Å². The Morgan fingerprint density at radius 3 is 2.42 bits per heavy atom. The largest absolute Gasteiger partial charge is 0.433 e. The summed E-state index contributed by atoms with van der Waals surface area (Å²) in [7, 11) is 0. The molecule has 0 bridgehead atoms. The predicted octanol–water partition coefficient (Wildman–Crippen LogP) is 2.96. The number of halogens is 4. The highest BCUT2D eigenvalue weighted by Gasteiger charge is 2.33. The molecule has 0 unspecified atom stereocenters. The lowest BCUT2D eigenvalue weighted by Crippen LogP contribution is -2.46. The van der Waals surface area contributed by atoms with Crippen LogP contribution >= 0.6 is 0 Å². The van der Waals surface area contributed by atoms with Gasteiger partial charge in [0, 0.05) is 38.9 Å². The van der Waals surface area contributed by atoms with Gasteiger partial charge in [-0.15, -0.1) is 0 Å². The van der Waals surface area contributed by atoms with E-state index in [9.17, 15) is 17.6 Å². The van der Waals surface area contributed by atoms with Gasteiger partial charge in [0.15, 0.2) is 0 Å². The Morgan fingerprint density at radius 1 is 1.00 bits per heavy atom. The molecule has 4 nitrogen and oxygen atoms in total. The second kappa shape index (κ2) is 6.72. The number of hydrogen-bond acceptors (Lipinski definition) is 4. The third-order valence-electron chi connectivity index (χ3n) is 3.93. The zero-order chi connectivity index (χ0) is 17.2. The molecule has 0 radical (unpaired) electrons. The Labute approximate surface area is 136 Å². The smallest absolute Gasteiger partial charge is 0.354 e. The third-order valence-corrected chi connectivity index (χ3v) is 3.93. The number of piperazine rings is 1. The van der Waals surface area contributed by atoms with Crippen LogP contribution in [-0.2, 0) is 12.7 Å². The van der Waals surface area contributed by atoms with Gasteiger partial charge in [0.05, 0.1) is 5.69 Å². The highest BCUT2D eigenvalue weighted by molar-refractivity contribution is 5.40. The highest BCUT2D eigenvalue weighted by Crippen LogP contribution is 2.29. The summed E-state index contributed by atoms with van der Waals surface area (Å²) in [4.78, 5) is 11.6. The summed E-state index contributed by atoms with van der Waals surface area (Å²) in [5, 5.41) is 0. The van der Waals surface area contributed by atoms with Gasteiger partial charge in [0.2, 0.25) is 0 Å². The third kappa shape index (κ3) is 3.81. The van der Waals surface area contributed by atoms with Crippen molar-refractivity contribution in [3.05, 3.63) is 53.7 Å². The van der Waals surface area contributed by atoms with E-state index in [2.05, 4.69) is 9.97 Å². The van der Waals surface area contributed by atoms with Gasteiger partial charge in [-0.1, -0.05) is 6.07 Å². The number of alkyl halides is 3. The minimum atomic E-state index is -4.45. The van der Waals surface area contributed by atoms with Crippen LogP contribution in [0.1, 0.15) is 11.4 Å². The molecule has 0 aliphatic carbocycles. The Morgan fingerprint density at radius 2 is 1.75 bits per heavy atom. The molecule has 2 aromatic heterocycles. The van der Waals surface area contributed by atoms with Gasteiger partial charge < -0.3 is 4.90 Å². The fourth-order valence-corrected chi connectivity index (χ4v) is 2.64. The van der Waals surface area contributed by atoms with E-state index in [1.54, 1.807) is 17.2 Å². The number of anilines is 1. The Hall–Kier alpha value is -2.22. The number of rotatable bonds is 3. The van der Waals surface area contributed by atoms with Crippen LogP contribution in [0.2, 0.25) is 0 Å². The summed E-state index contributed by atoms with van der Waals surface area (Å²) in [6.45, 7) is 2.66. The normalized spacial score (nSPS) is 16.4. The van der Waals surface area contributed by atoms with Crippen LogP contribution in [0.3, 0.4) is 0 Å². The summed E-state index contributed by atoms with van der Waals surface area (Å²) in [5.41, 5.74) is -0.513. The van der Waals surface area contributed by atoms with Gasteiger partial charge >= 0.3 is 6.18 Å². The molecule has 8 heteroatoms. The molecule has 0 spiro atoms. The van der Waals surface area contributed by atoms with Crippen molar-refractivity contribution in [2.75, 3.05) is 31.1 Å². The molecule has 3 heterocycles. The summed E-state index contributed by atoms with van der Waals surface area (Å²) >= 11 is 0. The van der Waals surface area contributed by atoms with Gasteiger partial charge in [0.25, 0.3) is 0 Å². The van der Waals surface area contributed by atoms with Crippen molar-refractivity contribution in [2.45, 2.75) is 12.7 Å². The molecule has 1 aliphatic heterocycles. The molecule has 1 saturated heterocycles. The van der Waals surface area contributed by atoms with E-state index in [4.69, 9.17) is 0 Å². The van der Waals surface area contributed by atoms with Crippen LogP contribution in [0.15, 0.2) is 36.5 Å². The number of nitrogens with zero attached hydrogens (tertiary/aromatic N) is 4. The van der Waals surface area contributed by atoms with Crippen molar-refractivity contribution in [3.8, 4) is 0 Å². The average Bonchev–Trinajstić information content (AvgIpc) is 2.57. The molecule has 0 N–H and O–H groups in total. The van der Waals surface area contributed by atoms with Gasteiger partial charge in [-0.2, -0.15) is 13.2 Å². The fraction of sp³-hybridized carbons (Fsp3) is 0.375. The summed E-state index contributed by atoms with van der Waals surface area (Å²) in [6, 6.07) is 6.80. The van der Waals surface area contributed by atoms with Crippen LogP contribution in [0.5, 0.6) is 0 Å². The maximum atomic E-state index is 13.6. The van der Waals surface area contributed by atoms with E-state index >= 15 is 0 Å². The summed E-state index contributed by atoms with van der Waals surface area (Å²) in [6.07, 6.45) is -2.91. The molecule has 128 valence electrons. The molecule has 0 aromatic carbocycles. The quantitative estimate of drug-likeness (QED) is 0.804. The molecule has 3 rings (SSSR count). The second-order valence-corrected chi connectivity index (χ2v) is 5.57. The highest BCUT2D eigenvalue weighted by atomic mass is 19.4. The molecule has 1 aliphatic rings. The Kier molecular flexibility index (Phi) is 4.66. The SMILES string of the molecule is Fc1cccnc1CN1CCN(c2cccc(C(F)(F)F)n2)CC1. The molecule has 24 heavy (non-hydrogen) atoms. The van der Waals surface area contributed by atoms with E-state index in [0.717, 1.165) is 6.07 Å². The van der Waals surface area contributed by atoms with Crippen LogP contribution in [0.4, 0.5) is 23.4 Å². The van der Waals surface area contributed by atoms with Gasteiger partial charge in [-0.05, 0) is 24.3 Å². The lowest BCUT2D eigenvalue weighted by Gasteiger charge is -2.35. The topological polar surface area (TPSA) is 32.3 Å². The van der Waals surface area contributed by atoms with Crippen molar-refractivity contribution in [1.82, 2.24) is 14.9 Å². The molecule has 2 aromatic rings. The fourth-order valence-electron chi connectivity index (χ4n) is 2.64. The van der Waals surface area contributed by atoms with E-state index < -0.39 is 11.9 Å². The van der Waals surface area contributed by atoms with Crippen LogP contribution in [0.25, 0.3) is 0 Å². The first-order chi connectivity index (χ1) is 11.4. The zero-order valence-electron chi connectivity index (χ0n) is 12.8. The number of pyridine rings is 2. The maximum absolute atomic E-state index is 13.6. The zero-order valence-corrected chi connectivity index (χ0v) is 12.8. The van der Waals surface area contributed by atoms with E-state index in [-0.39, 0.29) is 5.82 Å². The molecular formula is C16H16F4N4. The lowest BCUT2D eigenvalue weighted by atomic mass is 10.2. The number of aromatic nitrogens is 2. The van der Waals surface area contributed by atoms with Gasteiger partial charge in [0.1, 0.15) is 17.3 Å².